The summed E-state index contributed by atoms with van der Waals surface area (Å²) >= 11 is 1.41. The summed E-state index contributed by atoms with van der Waals surface area (Å²) in [7, 11) is 0. The van der Waals surface area contributed by atoms with Crippen molar-refractivity contribution in [3.8, 4) is 5.75 Å². The number of halogens is 1. The first kappa shape index (κ1) is 25.0. The Kier molecular flexibility index (Phi) is 7.15. The molecule has 0 saturated heterocycles. The molecule has 0 bridgehead atoms. The van der Waals surface area contributed by atoms with Gasteiger partial charge in [0.05, 0.1) is 6.04 Å². The first-order valence-corrected chi connectivity index (χ1v) is 14.5. The monoisotopic (exact) mass is 533 g/mol. The van der Waals surface area contributed by atoms with Gasteiger partial charge in [0, 0.05) is 24.4 Å². The summed E-state index contributed by atoms with van der Waals surface area (Å²) in [4.78, 5) is 32.4. The van der Waals surface area contributed by atoms with Gasteiger partial charge in [-0.25, -0.2) is 9.37 Å². The molecule has 1 aliphatic heterocycles. The van der Waals surface area contributed by atoms with Crippen molar-refractivity contribution in [3.05, 3.63) is 81.1 Å². The third-order valence-corrected chi connectivity index (χ3v) is 8.74. The van der Waals surface area contributed by atoms with Crippen LogP contribution >= 0.6 is 11.3 Å². The van der Waals surface area contributed by atoms with E-state index in [9.17, 15) is 14.0 Å². The van der Waals surface area contributed by atoms with Gasteiger partial charge >= 0.3 is 0 Å². The highest BCUT2D eigenvalue weighted by Gasteiger charge is 2.36. The number of fused-ring (bicyclic) bond motifs is 1. The zero-order valence-electron chi connectivity index (χ0n) is 21.3. The van der Waals surface area contributed by atoms with E-state index in [1.54, 1.807) is 17.5 Å². The number of nitrogens with one attached hydrogen (secondary N) is 1. The molecule has 1 aromatic heterocycles. The molecular formula is C30H32FN3O3S. The Hall–Kier alpha value is -3.26. The van der Waals surface area contributed by atoms with Gasteiger partial charge < -0.3 is 15.0 Å². The first-order chi connectivity index (χ1) is 18.5. The van der Waals surface area contributed by atoms with Gasteiger partial charge in [0.25, 0.3) is 5.91 Å². The van der Waals surface area contributed by atoms with E-state index in [0.717, 1.165) is 48.2 Å². The highest BCUT2D eigenvalue weighted by atomic mass is 32.1. The summed E-state index contributed by atoms with van der Waals surface area (Å²) in [6.07, 6.45) is 7.22. The van der Waals surface area contributed by atoms with Gasteiger partial charge in [0.1, 0.15) is 28.9 Å². The predicted molar refractivity (Wildman–Crippen MR) is 144 cm³/mol. The molecule has 1 N–H and O–H groups in total. The summed E-state index contributed by atoms with van der Waals surface area (Å²) in [5, 5.41) is 5.45. The molecule has 8 heteroatoms. The topological polar surface area (TPSA) is 71.5 Å². The number of rotatable bonds is 8. The number of hydrogen-bond donors (Lipinski definition) is 1. The fraction of sp³-hybridized carbons (Fsp3) is 0.433. The lowest BCUT2D eigenvalue weighted by atomic mass is 9.87. The van der Waals surface area contributed by atoms with Crippen LogP contribution in [0.15, 0.2) is 47.8 Å². The Balaban J connectivity index is 1.21. The third-order valence-electron chi connectivity index (χ3n) is 7.91. The number of hydrogen-bond acceptors (Lipinski definition) is 5. The maximum atomic E-state index is 13.8. The average molecular weight is 534 g/mol. The lowest BCUT2D eigenvalue weighted by molar-refractivity contribution is -0.137. The van der Waals surface area contributed by atoms with E-state index < -0.39 is 0 Å². The van der Waals surface area contributed by atoms with Crippen LogP contribution in [0.25, 0.3) is 0 Å². The minimum Gasteiger partial charge on any atom is -0.486 e. The maximum Gasteiger partial charge on any atom is 0.270 e. The highest BCUT2D eigenvalue weighted by molar-refractivity contribution is 7.09. The van der Waals surface area contributed by atoms with Gasteiger partial charge in [0.2, 0.25) is 5.91 Å². The predicted octanol–water partition coefficient (Wildman–Crippen LogP) is 5.67. The molecule has 2 fully saturated rings. The van der Waals surface area contributed by atoms with Gasteiger partial charge in [-0.2, -0.15) is 0 Å². The van der Waals surface area contributed by atoms with Crippen molar-refractivity contribution in [2.45, 2.75) is 57.6 Å². The van der Waals surface area contributed by atoms with Crippen LogP contribution in [0, 0.1) is 17.7 Å². The molecule has 2 aliphatic carbocycles. The molecular weight excluding hydrogens is 501 g/mol. The average Bonchev–Trinajstić information content (AvgIpc) is 3.38. The van der Waals surface area contributed by atoms with Gasteiger partial charge in [-0.3, -0.25) is 9.59 Å². The van der Waals surface area contributed by atoms with E-state index in [0.29, 0.717) is 30.5 Å². The van der Waals surface area contributed by atoms with E-state index in [2.05, 4.69) is 16.4 Å². The molecule has 3 aliphatic rings. The molecule has 3 aromatic rings. The molecule has 2 saturated carbocycles. The van der Waals surface area contributed by atoms with Crippen LogP contribution in [-0.2, 0) is 17.8 Å². The lowest BCUT2D eigenvalue weighted by Crippen LogP contribution is -2.43. The SMILES string of the molecule is O=C(NCC1CC1)c1csc(COc2ccc3c(c2)[C@H](c2ccc(F)cc2)N(C(=O)C2CCCC2)CC3)n1. The van der Waals surface area contributed by atoms with Crippen molar-refractivity contribution in [1.29, 1.82) is 0 Å². The molecule has 38 heavy (non-hydrogen) atoms. The quantitative estimate of drug-likeness (QED) is 0.405. The number of aromatic nitrogens is 1. The minimum atomic E-state index is -0.292. The molecule has 1 atom stereocenters. The van der Waals surface area contributed by atoms with Crippen molar-refractivity contribution in [1.82, 2.24) is 15.2 Å². The second-order valence-corrected chi connectivity index (χ2v) is 11.6. The van der Waals surface area contributed by atoms with Crippen molar-refractivity contribution in [3.63, 3.8) is 0 Å². The summed E-state index contributed by atoms with van der Waals surface area (Å²) in [5.41, 5.74) is 3.52. The zero-order valence-corrected chi connectivity index (χ0v) is 22.1. The zero-order chi connectivity index (χ0) is 26.1. The number of nitrogens with zero attached hydrogens (tertiary/aromatic N) is 2. The normalized spacial score (nSPS) is 19.3. The molecule has 2 aromatic carbocycles. The Morgan fingerprint density at radius 3 is 2.63 bits per heavy atom. The Labute approximate surface area is 226 Å². The van der Waals surface area contributed by atoms with Crippen molar-refractivity contribution < 1.29 is 18.7 Å². The summed E-state index contributed by atoms with van der Waals surface area (Å²) in [6.45, 7) is 1.62. The first-order valence-electron chi connectivity index (χ1n) is 13.6. The number of carbonyl (C=O) groups excluding carboxylic acids is 2. The number of amides is 2. The van der Waals surface area contributed by atoms with E-state index >= 15 is 0 Å². The number of carbonyl (C=O) groups is 2. The molecule has 6 rings (SSSR count). The van der Waals surface area contributed by atoms with Crippen molar-refractivity contribution in [2.24, 2.45) is 11.8 Å². The number of benzene rings is 2. The van der Waals surface area contributed by atoms with E-state index in [1.165, 1.54) is 41.9 Å². The van der Waals surface area contributed by atoms with E-state index in [1.807, 2.05) is 17.0 Å². The molecule has 2 heterocycles. The second kappa shape index (κ2) is 10.8. The maximum absolute atomic E-state index is 13.8. The third kappa shape index (κ3) is 5.46. The van der Waals surface area contributed by atoms with Crippen LogP contribution < -0.4 is 10.1 Å². The van der Waals surface area contributed by atoms with Crippen LogP contribution in [0.4, 0.5) is 4.39 Å². The Morgan fingerprint density at radius 1 is 1.08 bits per heavy atom. The summed E-state index contributed by atoms with van der Waals surface area (Å²) in [5.74, 6) is 1.14. The molecule has 0 spiro atoms. The van der Waals surface area contributed by atoms with Gasteiger partial charge in [0.15, 0.2) is 0 Å². The molecule has 0 radical (unpaired) electrons. The van der Waals surface area contributed by atoms with Crippen LogP contribution in [-0.4, -0.2) is 34.8 Å². The lowest BCUT2D eigenvalue weighted by Gasteiger charge is -2.39. The Bertz CT molecular complexity index is 1310. The standard InChI is InChI=1S/C30H32FN3O3S/c31-23-10-7-21(8-11-23)28-25-15-24(12-9-20(25)13-14-34(28)30(36)22-3-1-2-4-22)37-17-27-33-26(18-38-27)29(35)32-16-19-5-6-19/h7-12,15,18-19,22,28H,1-6,13-14,16-17H2,(H,32,35)/t28-/m0/s1. The largest absolute Gasteiger partial charge is 0.486 e. The molecule has 2 amide bonds. The van der Waals surface area contributed by atoms with Crippen LogP contribution in [0.1, 0.15) is 76.8 Å². The van der Waals surface area contributed by atoms with E-state index in [-0.39, 0.29) is 36.2 Å². The van der Waals surface area contributed by atoms with Crippen LogP contribution in [0.2, 0.25) is 0 Å². The molecule has 198 valence electrons. The fourth-order valence-electron chi connectivity index (χ4n) is 5.61. The minimum absolute atomic E-state index is 0.0690. The van der Waals surface area contributed by atoms with Crippen molar-refractivity contribution in [2.75, 3.05) is 13.1 Å². The van der Waals surface area contributed by atoms with Crippen LogP contribution in [0.5, 0.6) is 5.75 Å². The van der Waals surface area contributed by atoms with Gasteiger partial charge in [-0.15, -0.1) is 11.3 Å². The highest BCUT2D eigenvalue weighted by Crippen LogP contribution is 2.40. The van der Waals surface area contributed by atoms with Gasteiger partial charge in [-0.05, 0) is 79.0 Å². The second-order valence-electron chi connectivity index (χ2n) is 10.6. The smallest absolute Gasteiger partial charge is 0.270 e. The van der Waals surface area contributed by atoms with E-state index in [4.69, 9.17) is 4.74 Å². The van der Waals surface area contributed by atoms with Crippen molar-refractivity contribution >= 4 is 23.2 Å². The fourth-order valence-corrected chi connectivity index (χ4v) is 6.29. The summed E-state index contributed by atoms with van der Waals surface area (Å²) < 4.78 is 19.9. The number of thiazole rings is 1. The van der Waals surface area contributed by atoms with Gasteiger partial charge in [-0.1, -0.05) is 31.0 Å². The Morgan fingerprint density at radius 2 is 1.87 bits per heavy atom. The molecule has 0 unspecified atom stereocenters. The van der Waals surface area contributed by atoms with Crippen LogP contribution in [0.3, 0.4) is 0 Å². The molecule has 6 nitrogen and oxygen atoms in total. The summed E-state index contributed by atoms with van der Waals surface area (Å²) in [6, 6.07) is 12.2. The number of ether oxygens (including phenoxy) is 1.